The van der Waals surface area contributed by atoms with Crippen molar-refractivity contribution in [3.63, 3.8) is 0 Å². The van der Waals surface area contributed by atoms with E-state index >= 15 is 0 Å². The van der Waals surface area contributed by atoms with E-state index in [1.54, 1.807) is 17.5 Å². The Morgan fingerprint density at radius 2 is 2.16 bits per heavy atom. The van der Waals surface area contributed by atoms with Gasteiger partial charge in [-0.3, -0.25) is 4.98 Å². The summed E-state index contributed by atoms with van der Waals surface area (Å²) in [6.07, 6.45) is 2.98. The summed E-state index contributed by atoms with van der Waals surface area (Å²) in [5, 5.41) is 12.7. The molecule has 0 saturated heterocycles. The number of hydrogen-bond donors (Lipinski definition) is 1. The summed E-state index contributed by atoms with van der Waals surface area (Å²) in [6.45, 7) is 2.04. The van der Waals surface area contributed by atoms with Gasteiger partial charge in [-0.05, 0) is 45.9 Å². The molecule has 19 heavy (non-hydrogen) atoms. The molecule has 1 N–H and O–H groups in total. The maximum atomic E-state index is 10.6. The Morgan fingerprint density at radius 1 is 1.32 bits per heavy atom. The molecule has 3 aromatic rings. The minimum Gasteiger partial charge on any atom is -0.383 e. The molecule has 2 aromatic heterocycles. The van der Waals surface area contributed by atoms with Crippen molar-refractivity contribution >= 4 is 38.0 Å². The Balaban J connectivity index is 2.13. The molecular formula is C15H12BrNOS. The van der Waals surface area contributed by atoms with Crippen molar-refractivity contribution in [1.29, 1.82) is 0 Å². The summed E-state index contributed by atoms with van der Waals surface area (Å²) in [5.41, 5.74) is 0.925. The van der Waals surface area contributed by atoms with Crippen LogP contribution >= 0.6 is 27.3 Å². The molecule has 1 atom stereocenters. The lowest BCUT2D eigenvalue weighted by molar-refractivity contribution is 0.225. The van der Waals surface area contributed by atoms with Crippen molar-refractivity contribution in [2.24, 2.45) is 0 Å². The topological polar surface area (TPSA) is 33.1 Å². The lowest BCUT2D eigenvalue weighted by Crippen LogP contribution is -1.98. The highest BCUT2D eigenvalue weighted by Crippen LogP contribution is 2.35. The van der Waals surface area contributed by atoms with Crippen LogP contribution in [-0.2, 0) is 0 Å². The van der Waals surface area contributed by atoms with Crippen LogP contribution < -0.4 is 0 Å². The molecule has 2 heterocycles. The Labute approximate surface area is 123 Å². The lowest BCUT2D eigenvalue weighted by Gasteiger charge is -2.12. The molecule has 2 nitrogen and oxygen atoms in total. The zero-order chi connectivity index (χ0) is 13.4. The van der Waals surface area contributed by atoms with Gasteiger partial charge in [0, 0.05) is 32.0 Å². The molecule has 96 valence electrons. The van der Waals surface area contributed by atoms with Crippen LogP contribution in [0, 0.1) is 6.92 Å². The second kappa shape index (κ2) is 5.04. The minimum absolute atomic E-state index is 0.596. The highest BCUT2D eigenvalue weighted by atomic mass is 79.9. The van der Waals surface area contributed by atoms with E-state index in [0.717, 1.165) is 25.7 Å². The van der Waals surface area contributed by atoms with Crippen LogP contribution in [0.15, 0.2) is 47.2 Å². The van der Waals surface area contributed by atoms with E-state index in [2.05, 4.69) is 20.9 Å². The molecule has 0 spiro atoms. The summed E-state index contributed by atoms with van der Waals surface area (Å²) in [5.74, 6) is 0. The molecule has 1 aromatic carbocycles. The second-order valence-electron chi connectivity index (χ2n) is 4.40. The number of aryl methyl sites for hydroxylation is 1. The van der Waals surface area contributed by atoms with Crippen molar-refractivity contribution in [2.75, 3.05) is 0 Å². The number of halogens is 1. The highest BCUT2D eigenvalue weighted by Gasteiger charge is 2.16. The van der Waals surface area contributed by atoms with Crippen molar-refractivity contribution in [3.05, 3.63) is 62.5 Å². The number of hydrogen-bond acceptors (Lipinski definition) is 3. The summed E-state index contributed by atoms with van der Waals surface area (Å²) >= 11 is 5.11. The standard InChI is InChI=1S/C15H12BrNOS/c1-9-13(16)7-14(19-9)15(18)12-4-2-3-10-8-17-6-5-11(10)12/h2-8,15,18H,1H3. The van der Waals surface area contributed by atoms with Gasteiger partial charge in [-0.15, -0.1) is 11.3 Å². The third-order valence-electron chi connectivity index (χ3n) is 3.15. The average Bonchev–Trinajstić information content (AvgIpc) is 2.77. The van der Waals surface area contributed by atoms with Crippen LogP contribution in [0.25, 0.3) is 10.8 Å². The number of thiophene rings is 1. The first-order chi connectivity index (χ1) is 9.16. The van der Waals surface area contributed by atoms with E-state index in [1.165, 1.54) is 4.88 Å². The predicted octanol–water partition coefficient (Wildman–Crippen LogP) is 4.45. The fourth-order valence-corrected chi connectivity index (χ4v) is 3.72. The van der Waals surface area contributed by atoms with Crippen molar-refractivity contribution in [3.8, 4) is 0 Å². The van der Waals surface area contributed by atoms with Gasteiger partial charge in [0.1, 0.15) is 6.10 Å². The summed E-state index contributed by atoms with van der Waals surface area (Å²) in [6, 6.07) is 9.87. The van der Waals surface area contributed by atoms with E-state index in [-0.39, 0.29) is 0 Å². The Hall–Kier alpha value is -1.23. The zero-order valence-corrected chi connectivity index (χ0v) is 12.7. The average molecular weight is 334 g/mol. The zero-order valence-electron chi connectivity index (χ0n) is 10.3. The molecule has 0 aliphatic carbocycles. The predicted molar refractivity (Wildman–Crippen MR) is 82.6 cm³/mol. The van der Waals surface area contributed by atoms with Gasteiger partial charge in [0.05, 0.1) is 0 Å². The normalized spacial score (nSPS) is 12.8. The van der Waals surface area contributed by atoms with E-state index in [1.807, 2.05) is 43.5 Å². The molecule has 1 unspecified atom stereocenters. The summed E-state index contributed by atoms with van der Waals surface area (Å²) in [7, 11) is 0. The number of fused-ring (bicyclic) bond motifs is 1. The number of pyridine rings is 1. The third kappa shape index (κ3) is 2.31. The quantitative estimate of drug-likeness (QED) is 0.751. The summed E-state index contributed by atoms with van der Waals surface area (Å²) in [4.78, 5) is 6.25. The number of rotatable bonds is 2. The number of benzene rings is 1. The van der Waals surface area contributed by atoms with Crippen LogP contribution in [0.2, 0.25) is 0 Å². The Kier molecular flexibility index (Phi) is 3.39. The molecular weight excluding hydrogens is 322 g/mol. The van der Waals surface area contributed by atoms with Crippen molar-refractivity contribution in [2.45, 2.75) is 13.0 Å². The first-order valence-electron chi connectivity index (χ1n) is 5.93. The molecule has 0 aliphatic heterocycles. The fourth-order valence-electron chi connectivity index (χ4n) is 2.16. The Bertz CT molecular complexity index is 713. The van der Waals surface area contributed by atoms with Crippen LogP contribution in [-0.4, -0.2) is 10.1 Å². The number of aliphatic hydroxyl groups is 1. The van der Waals surface area contributed by atoms with Crippen LogP contribution in [0.4, 0.5) is 0 Å². The number of aliphatic hydroxyl groups excluding tert-OH is 1. The third-order valence-corrected chi connectivity index (χ3v) is 5.34. The first kappa shape index (κ1) is 12.8. The molecule has 0 saturated carbocycles. The second-order valence-corrected chi connectivity index (χ2v) is 6.54. The van der Waals surface area contributed by atoms with Gasteiger partial charge < -0.3 is 5.11 Å². The lowest BCUT2D eigenvalue weighted by atomic mass is 10.0. The highest BCUT2D eigenvalue weighted by molar-refractivity contribution is 9.10. The van der Waals surface area contributed by atoms with Gasteiger partial charge in [0.2, 0.25) is 0 Å². The van der Waals surface area contributed by atoms with Gasteiger partial charge in [0.15, 0.2) is 0 Å². The SMILES string of the molecule is Cc1sc(C(O)c2cccc3cnccc23)cc1Br. The molecule has 4 heteroatoms. The van der Waals surface area contributed by atoms with E-state index in [9.17, 15) is 5.11 Å². The van der Waals surface area contributed by atoms with Gasteiger partial charge in [0.25, 0.3) is 0 Å². The maximum Gasteiger partial charge on any atom is 0.114 e. The van der Waals surface area contributed by atoms with E-state index in [0.29, 0.717) is 0 Å². The molecule has 0 amide bonds. The smallest absolute Gasteiger partial charge is 0.114 e. The van der Waals surface area contributed by atoms with Gasteiger partial charge in [-0.2, -0.15) is 0 Å². The Morgan fingerprint density at radius 3 is 2.89 bits per heavy atom. The maximum absolute atomic E-state index is 10.6. The number of aromatic nitrogens is 1. The van der Waals surface area contributed by atoms with Crippen molar-refractivity contribution < 1.29 is 5.11 Å². The van der Waals surface area contributed by atoms with E-state index < -0.39 is 6.10 Å². The molecule has 0 radical (unpaired) electrons. The largest absolute Gasteiger partial charge is 0.383 e. The number of nitrogens with zero attached hydrogens (tertiary/aromatic N) is 1. The van der Waals surface area contributed by atoms with E-state index in [4.69, 9.17) is 0 Å². The van der Waals surface area contributed by atoms with Crippen LogP contribution in [0.1, 0.15) is 21.4 Å². The van der Waals surface area contributed by atoms with Gasteiger partial charge >= 0.3 is 0 Å². The van der Waals surface area contributed by atoms with Crippen LogP contribution in [0.3, 0.4) is 0 Å². The molecule has 3 rings (SSSR count). The summed E-state index contributed by atoms with van der Waals surface area (Å²) < 4.78 is 1.05. The van der Waals surface area contributed by atoms with Gasteiger partial charge in [-0.25, -0.2) is 0 Å². The van der Waals surface area contributed by atoms with Gasteiger partial charge in [-0.1, -0.05) is 18.2 Å². The fraction of sp³-hybridized carbons (Fsp3) is 0.133. The molecule has 0 fully saturated rings. The monoisotopic (exact) mass is 333 g/mol. The van der Waals surface area contributed by atoms with Crippen LogP contribution in [0.5, 0.6) is 0 Å². The molecule has 0 bridgehead atoms. The first-order valence-corrected chi connectivity index (χ1v) is 7.54. The minimum atomic E-state index is -0.596. The van der Waals surface area contributed by atoms with Crippen molar-refractivity contribution in [1.82, 2.24) is 4.98 Å². The molecule has 0 aliphatic rings.